The van der Waals surface area contributed by atoms with Gasteiger partial charge in [0.15, 0.2) is 0 Å². The molecule has 2 rings (SSSR count). The Labute approximate surface area is 148 Å². The molecule has 1 aromatic carbocycles. The molecule has 1 heterocycles. The Morgan fingerprint density at radius 2 is 2.04 bits per heavy atom. The van der Waals surface area contributed by atoms with E-state index in [1.807, 2.05) is 23.9 Å². The Kier molecular flexibility index (Phi) is 7.17. The largest absolute Gasteiger partial charge is 0.352 e. The minimum absolute atomic E-state index is 0.197. The number of aromatic nitrogens is 1. The molecule has 1 amide bonds. The summed E-state index contributed by atoms with van der Waals surface area (Å²) >= 11 is 5.32. The monoisotopic (exact) mass is 396 g/mol. The second-order valence-electron chi connectivity index (χ2n) is 5.31. The molecule has 0 aliphatic heterocycles. The molecule has 0 fully saturated rings. The molecule has 0 aliphatic rings. The maximum atomic E-state index is 12.4. The van der Waals surface area contributed by atoms with Crippen molar-refractivity contribution in [1.82, 2.24) is 10.3 Å². The van der Waals surface area contributed by atoms with E-state index in [1.165, 1.54) is 24.7 Å². The molecule has 0 saturated carbocycles. The Morgan fingerprint density at radius 3 is 2.83 bits per heavy atom. The number of rotatable bonds is 8. The van der Waals surface area contributed by atoms with Gasteiger partial charge in [-0.05, 0) is 42.5 Å². The van der Waals surface area contributed by atoms with Crippen molar-refractivity contribution in [3.63, 3.8) is 0 Å². The molecule has 23 heavy (non-hydrogen) atoms. The van der Waals surface area contributed by atoms with Gasteiger partial charge in [-0.3, -0.25) is 9.59 Å². The highest BCUT2D eigenvalue weighted by Crippen LogP contribution is 2.20. The van der Waals surface area contributed by atoms with Crippen LogP contribution in [0.15, 0.2) is 33.5 Å². The van der Waals surface area contributed by atoms with Gasteiger partial charge in [-0.2, -0.15) is 11.8 Å². The van der Waals surface area contributed by atoms with Gasteiger partial charge >= 0.3 is 0 Å². The number of thioether (sulfide) groups is 1. The summed E-state index contributed by atoms with van der Waals surface area (Å²) in [5.74, 6) is 2.02. The number of hydrogen-bond acceptors (Lipinski definition) is 3. The van der Waals surface area contributed by atoms with Crippen LogP contribution in [-0.2, 0) is 0 Å². The third-order valence-corrected chi connectivity index (χ3v) is 5.09. The lowest BCUT2D eigenvalue weighted by molar-refractivity contribution is 0.0955. The molecule has 2 N–H and O–H groups in total. The van der Waals surface area contributed by atoms with E-state index < -0.39 is 0 Å². The summed E-state index contributed by atoms with van der Waals surface area (Å²) in [7, 11) is 0. The number of benzene rings is 1. The number of carbonyl (C=O) groups excluding carboxylic acids is 1. The van der Waals surface area contributed by atoms with Crippen molar-refractivity contribution in [2.45, 2.75) is 26.2 Å². The second kappa shape index (κ2) is 9.13. The van der Waals surface area contributed by atoms with Gasteiger partial charge in [0.1, 0.15) is 0 Å². The molecule has 0 bridgehead atoms. The number of hydrogen-bond donors (Lipinski definition) is 2. The van der Waals surface area contributed by atoms with E-state index in [-0.39, 0.29) is 11.5 Å². The van der Waals surface area contributed by atoms with Gasteiger partial charge in [-0.25, -0.2) is 0 Å². The van der Waals surface area contributed by atoms with Gasteiger partial charge in [0.2, 0.25) is 5.56 Å². The average molecular weight is 397 g/mol. The number of H-pyrrole nitrogens is 1. The van der Waals surface area contributed by atoms with E-state index in [4.69, 9.17) is 0 Å². The Bertz CT molecular complexity index is 730. The van der Waals surface area contributed by atoms with Gasteiger partial charge in [0.25, 0.3) is 5.91 Å². The molecule has 0 saturated heterocycles. The number of pyridine rings is 1. The van der Waals surface area contributed by atoms with Gasteiger partial charge in [0, 0.05) is 28.0 Å². The third-order valence-electron chi connectivity index (χ3n) is 3.44. The second-order valence-corrected chi connectivity index (χ2v) is 7.45. The molecule has 2 aromatic rings. The van der Waals surface area contributed by atoms with E-state index in [9.17, 15) is 9.59 Å². The zero-order valence-electron chi connectivity index (χ0n) is 13.2. The first-order chi connectivity index (χ1) is 11.1. The molecule has 0 spiro atoms. The summed E-state index contributed by atoms with van der Waals surface area (Å²) in [6.07, 6.45) is 3.39. The highest BCUT2D eigenvalue weighted by Gasteiger charge is 2.11. The number of nitrogens with one attached hydrogen (secondary N) is 2. The van der Waals surface area contributed by atoms with Gasteiger partial charge in [-0.1, -0.05) is 29.3 Å². The lowest BCUT2D eigenvalue weighted by atomic mass is 10.1. The van der Waals surface area contributed by atoms with Crippen molar-refractivity contribution in [2.24, 2.45) is 0 Å². The summed E-state index contributed by atoms with van der Waals surface area (Å²) in [6.45, 7) is 2.81. The number of aromatic amines is 1. The van der Waals surface area contributed by atoms with Crippen LogP contribution in [0.1, 0.15) is 36.5 Å². The first kappa shape index (κ1) is 18.1. The highest BCUT2D eigenvalue weighted by molar-refractivity contribution is 9.10. The maximum Gasteiger partial charge on any atom is 0.252 e. The van der Waals surface area contributed by atoms with E-state index >= 15 is 0 Å². The van der Waals surface area contributed by atoms with Gasteiger partial charge < -0.3 is 10.3 Å². The topological polar surface area (TPSA) is 62.0 Å². The van der Waals surface area contributed by atoms with Crippen molar-refractivity contribution < 1.29 is 4.79 Å². The minimum atomic E-state index is -0.264. The molecule has 124 valence electrons. The van der Waals surface area contributed by atoms with Crippen LogP contribution in [0.2, 0.25) is 0 Å². The molecular weight excluding hydrogens is 376 g/mol. The summed E-state index contributed by atoms with van der Waals surface area (Å²) in [6, 6.07) is 6.84. The third kappa shape index (κ3) is 5.39. The van der Waals surface area contributed by atoms with Crippen LogP contribution in [-0.4, -0.2) is 28.9 Å². The first-order valence-corrected chi connectivity index (χ1v) is 9.75. The fourth-order valence-corrected chi connectivity index (χ4v) is 3.64. The Hall–Kier alpha value is -1.27. The number of carbonyl (C=O) groups is 1. The summed E-state index contributed by atoms with van der Waals surface area (Å²) in [5.41, 5.74) is 0.824. The van der Waals surface area contributed by atoms with Crippen molar-refractivity contribution in [2.75, 3.05) is 18.1 Å². The van der Waals surface area contributed by atoms with Crippen molar-refractivity contribution in [1.29, 1.82) is 0 Å². The molecular formula is C17H21BrN2O2S. The molecule has 0 atom stereocenters. The zero-order chi connectivity index (χ0) is 16.7. The van der Waals surface area contributed by atoms with Crippen molar-refractivity contribution in [3.8, 4) is 0 Å². The predicted molar refractivity (Wildman–Crippen MR) is 101 cm³/mol. The van der Waals surface area contributed by atoms with Crippen LogP contribution in [0.4, 0.5) is 0 Å². The summed E-state index contributed by atoms with van der Waals surface area (Å²) in [5, 5.41) is 3.65. The molecule has 0 unspecified atom stereocenters. The lowest BCUT2D eigenvalue weighted by Gasteiger charge is -2.08. The van der Waals surface area contributed by atoms with E-state index in [0.717, 1.165) is 22.0 Å². The zero-order valence-corrected chi connectivity index (χ0v) is 15.6. The molecule has 0 aliphatic carbocycles. The quantitative estimate of drug-likeness (QED) is 0.664. The van der Waals surface area contributed by atoms with Crippen molar-refractivity contribution >= 4 is 44.5 Å². The highest BCUT2D eigenvalue weighted by atomic mass is 79.9. The van der Waals surface area contributed by atoms with E-state index in [2.05, 4.69) is 33.2 Å². The minimum Gasteiger partial charge on any atom is -0.352 e. The van der Waals surface area contributed by atoms with Crippen LogP contribution in [0.3, 0.4) is 0 Å². The lowest BCUT2D eigenvalue weighted by Crippen LogP contribution is -2.26. The van der Waals surface area contributed by atoms with Crippen LogP contribution in [0, 0.1) is 0 Å². The Morgan fingerprint density at radius 1 is 1.26 bits per heavy atom. The normalized spacial score (nSPS) is 10.9. The average Bonchev–Trinajstić information content (AvgIpc) is 2.53. The number of fused-ring (bicyclic) bond motifs is 1. The SMILES string of the molecule is CCCCSCCCNC(=O)c1cc(=O)[nH]c2ccc(Br)cc12. The van der Waals surface area contributed by atoms with E-state index in [1.54, 1.807) is 6.07 Å². The van der Waals surface area contributed by atoms with Gasteiger partial charge in [0.05, 0.1) is 5.56 Å². The van der Waals surface area contributed by atoms with Crippen molar-refractivity contribution in [3.05, 3.63) is 44.7 Å². The molecule has 1 aromatic heterocycles. The summed E-state index contributed by atoms with van der Waals surface area (Å²) < 4.78 is 0.874. The fraction of sp³-hybridized carbons (Fsp3) is 0.412. The van der Waals surface area contributed by atoms with Crippen LogP contribution in [0.25, 0.3) is 10.9 Å². The smallest absolute Gasteiger partial charge is 0.252 e. The standard InChI is InChI=1S/C17H21BrN2O2S/c1-2-3-8-23-9-4-7-19-17(22)14-11-16(21)20-15-6-5-12(18)10-13(14)15/h5-6,10-11H,2-4,7-9H2,1H3,(H,19,22)(H,20,21). The maximum absolute atomic E-state index is 12.4. The van der Waals surface area contributed by atoms with Crippen LogP contribution < -0.4 is 10.9 Å². The first-order valence-electron chi connectivity index (χ1n) is 7.80. The van der Waals surface area contributed by atoms with Crippen LogP contribution >= 0.6 is 27.7 Å². The van der Waals surface area contributed by atoms with Gasteiger partial charge in [-0.15, -0.1) is 0 Å². The van der Waals surface area contributed by atoms with E-state index in [0.29, 0.717) is 17.6 Å². The molecule has 0 radical (unpaired) electrons. The number of unbranched alkanes of at least 4 members (excludes halogenated alkanes) is 1. The molecule has 4 nitrogen and oxygen atoms in total. The number of amides is 1. The molecule has 6 heteroatoms. The Balaban J connectivity index is 1.98. The fourth-order valence-electron chi connectivity index (χ4n) is 2.23. The summed E-state index contributed by atoms with van der Waals surface area (Å²) in [4.78, 5) is 26.8. The van der Waals surface area contributed by atoms with Crippen LogP contribution in [0.5, 0.6) is 0 Å². The number of halogens is 1. The predicted octanol–water partition coefficient (Wildman–Crippen LogP) is 3.94.